The third-order valence-corrected chi connectivity index (χ3v) is 5.05. The lowest BCUT2D eigenvalue weighted by atomic mass is 9.92. The molecule has 194 valence electrons. The van der Waals surface area contributed by atoms with Crippen LogP contribution >= 0.6 is 0 Å². The lowest BCUT2D eigenvalue weighted by Crippen LogP contribution is -2.32. The maximum atomic E-state index is 11.6. The van der Waals surface area contributed by atoms with Crippen molar-refractivity contribution in [2.24, 2.45) is 24.1 Å². The number of fused-ring (bicyclic) bond motifs is 1. The van der Waals surface area contributed by atoms with Crippen molar-refractivity contribution >= 4 is 23.2 Å². The zero-order valence-electron chi connectivity index (χ0n) is 22.0. The number of carbonyl (C=O) groups excluding carboxylic acids is 2. The number of hydrazine groups is 1. The van der Waals surface area contributed by atoms with Gasteiger partial charge in [-0.25, -0.2) is 0 Å². The van der Waals surface area contributed by atoms with E-state index in [1.807, 2.05) is 46.0 Å². The molecule has 0 saturated carbocycles. The van der Waals surface area contributed by atoms with Gasteiger partial charge in [-0.15, -0.1) is 5.10 Å². The molecule has 10 nitrogen and oxygen atoms in total. The Morgan fingerprint density at radius 3 is 2.44 bits per heavy atom. The topological polar surface area (TPSA) is 149 Å². The quantitative estimate of drug-likeness (QED) is 0.291. The van der Waals surface area contributed by atoms with Crippen molar-refractivity contribution < 1.29 is 19.4 Å². The number of nitrogens with one attached hydrogen (secondary N) is 1. The first-order chi connectivity index (χ1) is 16.1. The Bertz CT molecular complexity index is 878. The van der Waals surface area contributed by atoms with E-state index >= 15 is 0 Å². The van der Waals surface area contributed by atoms with Gasteiger partial charge in [-0.05, 0) is 36.5 Å². The van der Waals surface area contributed by atoms with E-state index in [1.165, 1.54) is 0 Å². The summed E-state index contributed by atoms with van der Waals surface area (Å²) in [4.78, 5) is 23.8. The second-order valence-electron chi connectivity index (χ2n) is 8.94. The third kappa shape index (κ3) is 9.66. The fraction of sp³-hybridized carbons (Fsp3) is 0.625. The number of rotatable bonds is 5. The van der Waals surface area contributed by atoms with E-state index in [0.717, 1.165) is 29.4 Å². The highest BCUT2D eigenvalue weighted by molar-refractivity contribution is 5.85. The van der Waals surface area contributed by atoms with E-state index < -0.39 is 0 Å². The van der Waals surface area contributed by atoms with Crippen LogP contribution in [-0.2, 0) is 16.6 Å². The molecule has 2 unspecified atom stereocenters. The second kappa shape index (κ2) is 15.3. The summed E-state index contributed by atoms with van der Waals surface area (Å²) in [7, 11) is 3.47. The number of aryl methyl sites for hydroxylation is 1. The first-order valence-electron chi connectivity index (χ1n) is 11.5. The predicted molar refractivity (Wildman–Crippen MR) is 136 cm³/mol. The van der Waals surface area contributed by atoms with E-state index in [0.29, 0.717) is 25.3 Å². The summed E-state index contributed by atoms with van der Waals surface area (Å²) in [5.41, 5.74) is 2.07. The summed E-state index contributed by atoms with van der Waals surface area (Å²) in [6.45, 7) is 13.3. The molecule has 0 bridgehead atoms. The molecular formula is C24H44N6O4. The van der Waals surface area contributed by atoms with Gasteiger partial charge in [0.15, 0.2) is 0 Å². The smallest absolute Gasteiger partial charge is 0.240 e. The number of likely N-dealkylation sites (tertiary alicyclic amines) is 1. The molecule has 2 heterocycles. The molecule has 6 N–H and O–H groups in total. The van der Waals surface area contributed by atoms with E-state index in [1.54, 1.807) is 16.7 Å². The fourth-order valence-corrected chi connectivity index (χ4v) is 3.40. The number of aliphatic hydroxyl groups is 1. The lowest BCUT2D eigenvalue weighted by molar-refractivity contribution is -0.132. The average Bonchev–Trinajstić information content (AvgIpc) is 3.39. The van der Waals surface area contributed by atoms with Gasteiger partial charge in [-0.3, -0.25) is 26.0 Å². The Hall–Kier alpha value is -2.69. The zero-order chi connectivity index (χ0) is 26.5. The number of carbonyl (C=O) groups is 2. The molecule has 0 spiro atoms. The van der Waals surface area contributed by atoms with Crippen LogP contribution in [0.2, 0.25) is 0 Å². The maximum Gasteiger partial charge on any atom is 0.240 e. The van der Waals surface area contributed by atoms with Crippen molar-refractivity contribution in [1.29, 1.82) is 0 Å². The number of amides is 2. The van der Waals surface area contributed by atoms with Crippen LogP contribution in [-0.4, -0.2) is 58.4 Å². The van der Waals surface area contributed by atoms with Gasteiger partial charge >= 0.3 is 0 Å². The number of nitrogens with two attached hydrogens (primary N) is 2. The lowest BCUT2D eigenvalue weighted by Gasteiger charge is -2.22. The van der Waals surface area contributed by atoms with Crippen LogP contribution in [0.25, 0.3) is 10.9 Å². The number of ether oxygens (including phenoxy) is 1. The number of aromatic nitrogens is 2. The predicted octanol–water partition coefficient (Wildman–Crippen LogP) is 2.25. The monoisotopic (exact) mass is 480 g/mol. The second-order valence-corrected chi connectivity index (χ2v) is 8.94. The average molecular weight is 481 g/mol. The number of hydrogen-bond donors (Lipinski definition) is 4. The Kier molecular flexibility index (Phi) is 14.1. The van der Waals surface area contributed by atoms with Crippen LogP contribution in [0.1, 0.15) is 66.0 Å². The van der Waals surface area contributed by atoms with Gasteiger partial charge in [0, 0.05) is 26.6 Å². The standard InChI is InChI=1S/C12H15N3O2.C10H19NO2.C2H6.H4N2/c1-8(13-7-16)9-4-5-11-10(6-9)12(17-3)14-15(11)2;1-10(2,3)6-9(13)11-5-4-8(12)7-11;2*1-2/h4-8H,1-3H3,(H,13,16);8,12H,4-7H2,1-3H3;1-2H3;1-2H2. The molecule has 3 rings (SSSR count). The summed E-state index contributed by atoms with van der Waals surface area (Å²) >= 11 is 0. The van der Waals surface area contributed by atoms with Crippen molar-refractivity contribution in [3.63, 3.8) is 0 Å². The molecule has 34 heavy (non-hydrogen) atoms. The minimum Gasteiger partial charge on any atom is -0.479 e. The van der Waals surface area contributed by atoms with Crippen molar-refractivity contribution in [3.8, 4) is 5.88 Å². The highest BCUT2D eigenvalue weighted by atomic mass is 16.5. The number of benzene rings is 1. The first-order valence-corrected chi connectivity index (χ1v) is 11.5. The Labute approximate surface area is 203 Å². The summed E-state index contributed by atoms with van der Waals surface area (Å²) in [5, 5.41) is 17.2. The molecular weight excluding hydrogens is 436 g/mol. The van der Waals surface area contributed by atoms with Gasteiger partial charge in [-0.1, -0.05) is 40.7 Å². The highest BCUT2D eigenvalue weighted by Crippen LogP contribution is 2.27. The minimum absolute atomic E-state index is 0.0261. The molecule has 1 aromatic carbocycles. The molecule has 1 fully saturated rings. The van der Waals surface area contributed by atoms with Crippen LogP contribution in [0.3, 0.4) is 0 Å². The molecule has 0 aliphatic carbocycles. The number of methoxy groups -OCH3 is 1. The van der Waals surface area contributed by atoms with Gasteiger partial charge in [-0.2, -0.15) is 0 Å². The van der Waals surface area contributed by atoms with Crippen molar-refractivity contribution in [1.82, 2.24) is 20.0 Å². The van der Waals surface area contributed by atoms with Gasteiger partial charge in [0.25, 0.3) is 0 Å². The summed E-state index contributed by atoms with van der Waals surface area (Å²) in [5.74, 6) is 8.77. The molecule has 2 atom stereocenters. The van der Waals surface area contributed by atoms with Gasteiger partial charge in [0.05, 0.1) is 30.2 Å². The van der Waals surface area contributed by atoms with Crippen LogP contribution < -0.4 is 21.7 Å². The molecule has 2 amide bonds. The summed E-state index contributed by atoms with van der Waals surface area (Å²) < 4.78 is 6.99. The fourth-order valence-electron chi connectivity index (χ4n) is 3.40. The molecule has 0 radical (unpaired) electrons. The maximum absolute atomic E-state index is 11.6. The molecule has 1 aliphatic rings. The number of hydrogen-bond acceptors (Lipinski definition) is 7. The molecule has 1 saturated heterocycles. The van der Waals surface area contributed by atoms with Gasteiger partial charge < -0.3 is 20.1 Å². The summed E-state index contributed by atoms with van der Waals surface area (Å²) in [6, 6.07) is 5.91. The van der Waals surface area contributed by atoms with E-state index in [2.05, 4.69) is 42.9 Å². The minimum atomic E-state index is -0.302. The molecule has 2 aromatic rings. The normalized spacial score (nSPS) is 15.6. The molecule has 1 aliphatic heterocycles. The van der Waals surface area contributed by atoms with Crippen LogP contribution in [0.5, 0.6) is 5.88 Å². The van der Waals surface area contributed by atoms with Crippen molar-refractivity contribution in [2.75, 3.05) is 20.2 Å². The van der Waals surface area contributed by atoms with E-state index in [9.17, 15) is 14.7 Å². The van der Waals surface area contributed by atoms with Crippen LogP contribution in [0, 0.1) is 5.41 Å². The van der Waals surface area contributed by atoms with Crippen LogP contribution in [0.15, 0.2) is 18.2 Å². The largest absolute Gasteiger partial charge is 0.479 e. The highest BCUT2D eigenvalue weighted by Gasteiger charge is 2.27. The number of nitrogens with zero attached hydrogens (tertiary/aromatic N) is 3. The molecule has 10 heteroatoms. The first kappa shape index (κ1) is 31.3. The zero-order valence-corrected chi connectivity index (χ0v) is 22.0. The van der Waals surface area contributed by atoms with E-state index in [-0.39, 0.29) is 23.5 Å². The summed E-state index contributed by atoms with van der Waals surface area (Å²) in [6.07, 6.45) is 1.70. The third-order valence-electron chi connectivity index (χ3n) is 5.05. The van der Waals surface area contributed by atoms with Crippen LogP contribution in [0.4, 0.5) is 0 Å². The van der Waals surface area contributed by atoms with Crippen molar-refractivity contribution in [3.05, 3.63) is 23.8 Å². The number of β-amino-alcohol motifs (C(OH)–C–C–N with tert-alkyl or cyclic N) is 1. The van der Waals surface area contributed by atoms with Gasteiger partial charge in [0.1, 0.15) is 0 Å². The van der Waals surface area contributed by atoms with E-state index in [4.69, 9.17) is 4.74 Å². The SMILES string of the molecule is CC.CC(C)(C)CC(=O)N1CCC(O)C1.COc1nn(C)c2ccc(C(C)NC=O)cc12.NN. The number of aliphatic hydroxyl groups excluding tert-OH is 1. The molecule has 1 aromatic heterocycles. The Morgan fingerprint density at radius 1 is 1.35 bits per heavy atom. The Morgan fingerprint density at radius 2 is 1.97 bits per heavy atom. The Balaban J connectivity index is 0.000000574. The van der Waals surface area contributed by atoms with Gasteiger partial charge in [0.2, 0.25) is 18.2 Å². The van der Waals surface area contributed by atoms with Crippen molar-refractivity contribution in [2.45, 2.75) is 66.5 Å².